The molecule has 0 aromatic heterocycles. The topological polar surface area (TPSA) is 40.5 Å². The second-order valence-electron chi connectivity index (χ2n) is 5.22. The first kappa shape index (κ1) is 15.3. The summed E-state index contributed by atoms with van der Waals surface area (Å²) in [4.78, 5) is 12.4. The van der Waals surface area contributed by atoms with Crippen molar-refractivity contribution in [1.82, 2.24) is 4.90 Å². The van der Waals surface area contributed by atoms with Gasteiger partial charge in [0.15, 0.2) is 0 Å². The smallest absolute Gasteiger partial charge is 0.211 e. The van der Waals surface area contributed by atoms with Crippen molar-refractivity contribution in [2.24, 2.45) is 0 Å². The molecule has 0 fully saturated rings. The summed E-state index contributed by atoms with van der Waals surface area (Å²) in [6, 6.07) is 20.5. The van der Waals surface area contributed by atoms with Crippen molar-refractivity contribution < 1.29 is 9.90 Å². The molecule has 21 heavy (non-hydrogen) atoms. The van der Waals surface area contributed by atoms with Gasteiger partial charge in [0, 0.05) is 12.0 Å². The molecule has 0 spiro atoms. The monoisotopic (exact) mass is 283 g/mol. The molecule has 0 aliphatic carbocycles. The van der Waals surface area contributed by atoms with Crippen LogP contribution in [0.25, 0.3) is 0 Å². The van der Waals surface area contributed by atoms with Gasteiger partial charge in [0.1, 0.15) is 6.73 Å². The molecule has 0 aliphatic heterocycles. The van der Waals surface area contributed by atoms with Crippen LogP contribution in [0.4, 0.5) is 0 Å². The molecule has 0 aliphatic rings. The van der Waals surface area contributed by atoms with E-state index in [2.05, 4.69) is 24.3 Å². The van der Waals surface area contributed by atoms with Crippen LogP contribution in [0.5, 0.6) is 0 Å². The van der Waals surface area contributed by atoms with E-state index in [0.717, 1.165) is 6.42 Å². The zero-order valence-electron chi connectivity index (χ0n) is 12.2. The van der Waals surface area contributed by atoms with Gasteiger partial charge >= 0.3 is 0 Å². The lowest BCUT2D eigenvalue weighted by Crippen LogP contribution is -2.34. The van der Waals surface area contributed by atoms with Crippen LogP contribution in [0.1, 0.15) is 30.4 Å². The van der Waals surface area contributed by atoms with Gasteiger partial charge in [0.2, 0.25) is 6.41 Å². The maximum absolute atomic E-state index is 11.0. The molecule has 2 aromatic carbocycles. The molecule has 0 radical (unpaired) electrons. The minimum absolute atomic E-state index is 0.0297. The van der Waals surface area contributed by atoms with Gasteiger partial charge in [0.05, 0.1) is 0 Å². The fourth-order valence-corrected chi connectivity index (χ4v) is 2.59. The summed E-state index contributed by atoms with van der Waals surface area (Å²) in [6.07, 6.45) is 1.48. The predicted molar refractivity (Wildman–Crippen MR) is 83.8 cm³/mol. The number of benzene rings is 2. The number of aliphatic hydroxyl groups excluding tert-OH is 1. The summed E-state index contributed by atoms with van der Waals surface area (Å²) in [5.74, 6) is 0.205. The molecule has 2 rings (SSSR count). The molecule has 0 heterocycles. The van der Waals surface area contributed by atoms with Crippen molar-refractivity contribution in [2.75, 3.05) is 6.73 Å². The molecular formula is C18H21NO2. The van der Waals surface area contributed by atoms with Gasteiger partial charge in [-0.05, 0) is 24.5 Å². The van der Waals surface area contributed by atoms with Gasteiger partial charge in [-0.25, -0.2) is 0 Å². The Morgan fingerprint density at radius 1 is 1.00 bits per heavy atom. The summed E-state index contributed by atoms with van der Waals surface area (Å²) in [6.45, 7) is 1.71. The Morgan fingerprint density at radius 3 is 1.86 bits per heavy atom. The fourth-order valence-electron chi connectivity index (χ4n) is 2.59. The number of nitrogens with zero attached hydrogens (tertiary/aromatic N) is 1. The van der Waals surface area contributed by atoms with E-state index in [1.165, 1.54) is 16.0 Å². The summed E-state index contributed by atoms with van der Waals surface area (Å²) in [7, 11) is 0. The van der Waals surface area contributed by atoms with Gasteiger partial charge in [-0.1, -0.05) is 60.7 Å². The molecule has 1 atom stereocenters. The number of carbonyl (C=O) groups excluding carboxylic acids is 1. The predicted octanol–water partition coefficient (Wildman–Crippen LogP) is 3.01. The summed E-state index contributed by atoms with van der Waals surface area (Å²) >= 11 is 0. The highest BCUT2D eigenvalue weighted by molar-refractivity contribution is 5.47. The van der Waals surface area contributed by atoms with E-state index in [0.29, 0.717) is 6.41 Å². The third-order valence-corrected chi connectivity index (χ3v) is 3.85. The van der Waals surface area contributed by atoms with E-state index in [1.54, 1.807) is 0 Å². The van der Waals surface area contributed by atoms with Crippen LogP contribution in [-0.4, -0.2) is 29.2 Å². The third-order valence-electron chi connectivity index (χ3n) is 3.85. The van der Waals surface area contributed by atoms with Crippen LogP contribution in [0.2, 0.25) is 0 Å². The zero-order chi connectivity index (χ0) is 15.1. The second-order valence-corrected chi connectivity index (χ2v) is 5.22. The highest BCUT2D eigenvalue weighted by Crippen LogP contribution is 2.30. The van der Waals surface area contributed by atoms with Crippen LogP contribution in [0, 0.1) is 0 Å². The Labute approximate surface area is 125 Å². The lowest BCUT2D eigenvalue weighted by Gasteiger charge is -2.27. The Balaban J connectivity index is 2.27. The molecule has 3 nitrogen and oxygen atoms in total. The van der Waals surface area contributed by atoms with Gasteiger partial charge in [-0.15, -0.1) is 0 Å². The van der Waals surface area contributed by atoms with Crippen molar-refractivity contribution >= 4 is 6.41 Å². The Kier molecular flexibility index (Phi) is 5.52. The van der Waals surface area contributed by atoms with Crippen LogP contribution in [-0.2, 0) is 4.79 Å². The fraction of sp³-hybridized carbons (Fsp3) is 0.278. The second kappa shape index (κ2) is 7.60. The Morgan fingerprint density at radius 2 is 1.48 bits per heavy atom. The molecule has 1 amide bonds. The number of rotatable bonds is 7. The minimum Gasteiger partial charge on any atom is -0.376 e. The maximum atomic E-state index is 11.0. The van der Waals surface area contributed by atoms with E-state index in [-0.39, 0.29) is 18.7 Å². The molecule has 1 N–H and O–H groups in total. The number of carbonyl (C=O) groups is 1. The molecule has 110 valence electrons. The lowest BCUT2D eigenvalue weighted by atomic mass is 9.86. The van der Waals surface area contributed by atoms with Crippen LogP contribution in [0.15, 0.2) is 60.7 Å². The van der Waals surface area contributed by atoms with Crippen LogP contribution in [0.3, 0.4) is 0 Å². The van der Waals surface area contributed by atoms with Crippen LogP contribution < -0.4 is 0 Å². The van der Waals surface area contributed by atoms with E-state index in [9.17, 15) is 9.90 Å². The van der Waals surface area contributed by atoms with Crippen molar-refractivity contribution in [1.29, 1.82) is 0 Å². The molecule has 0 unspecified atom stereocenters. The molecule has 0 saturated heterocycles. The average molecular weight is 283 g/mol. The third kappa shape index (κ3) is 3.92. The molecular weight excluding hydrogens is 262 g/mol. The zero-order valence-corrected chi connectivity index (χ0v) is 12.2. The summed E-state index contributed by atoms with van der Waals surface area (Å²) < 4.78 is 0. The molecule has 3 heteroatoms. The van der Waals surface area contributed by atoms with Gasteiger partial charge < -0.3 is 10.0 Å². The average Bonchev–Trinajstić information content (AvgIpc) is 2.55. The first-order valence-electron chi connectivity index (χ1n) is 7.18. The number of hydrogen-bond donors (Lipinski definition) is 1. The SMILES string of the molecule is C[C@@H](CC(c1ccccc1)c1ccccc1)N(C=O)CO. The normalized spacial score (nSPS) is 12.1. The standard InChI is InChI=1S/C18H21NO2/c1-15(19(13-20)14-21)12-18(16-8-4-2-5-9-16)17-10-6-3-7-11-17/h2-11,13,15,18,21H,12,14H2,1H3/t15-/m0/s1. The summed E-state index contributed by atoms with van der Waals surface area (Å²) in [5, 5.41) is 9.25. The van der Waals surface area contributed by atoms with E-state index >= 15 is 0 Å². The Bertz CT molecular complexity index is 502. The van der Waals surface area contributed by atoms with Crippen molar-refractivity contribution in [3.63, 3.8) is 0 Å². The summed E-state index contributed by atoms with van der Waals surface area (Å²) in [5.41, 5.74) is 2.44. The lowest BCUT2D eigenvalue weighted by molar-refractivity contribution is -0.123. The quantitative estimate of drug-likeness (QED) is 0.627. The number of aliphatic hydroxyl groups is 1. The van der Waals surface area contributed by atoms with E-state index < -0.39 is 0 Å². The largest absolute Gasteiger partial charge is 0.376 e. The van der Waals surface area contributed by atoms with E-state index in [4.69, 9.17) is 0 Å². The van der Waals surface area contributed by atoms with E-state index in [1.807, 2.05) is 43.3 Å². The highest BCUT2D eigenvalue weighted by atomic mass is 16.3. The minimum atomic E-state index is -0.249. The Hall–Kier alpha value is -2.13. The van der Waals surface area contributed by atoms with Crippen molar-refractivity contribution in [3.05, 3.63) is 71.8 Å². The number of amides is 1. The van der Waals surface area contributed by atoms with Gasteiger partial charge in [-0.2, -0.15) is 0 Å². The molecule has 2 aromatic rings. The highest BCUT2D eigenvalue weighted by Gasteiger charge is 2.20. The first-order valence-corrected chi connectivity index (χ1v) is 7.18. The number of hydrogen-bond acceptors (Lipinski definition) is 2. The van der Waals surface area contributed by atoms with Gasteiger partial charge in [-0.3, -0.25) is 4.79 Å². The first-order chi connectivity index (χ1) is 10.3. The molecule has 0 bridgehead atoms. The maximum Gasteiger partial charge on any atom is 0.211 e. The van der Waals surface area contributed by atoms with Crippen molar-refractivity contribution in [3.8, 4) is 0 Å². The molecule has 0 saturated carbocycles. The van der Waals surface area contributed by atoms with Gasteiger partial charge in [0.25, 0.3) is 0 Å². The van der Waals surface area contributed by atoms with Crippen molar-refractivity contribution in [2.45, 2.75) is 25.3 Å². The van der Waals surface area contributed by atoms with Crippen LogP contribution >= 0.6 is 0 Å².